The molecule has 1 amide bonds. The zero-order valence-electron chi connectivity index (χ0n) is 18.5. The molecule has 0 bridgehead atoms. The van der Waals surface area contributed by atoms with Crippen molar-refractivity contribution in [1.82, 2.24) is 5.32 Å². The fraction of sp³-hybridized carbons (Fsp3) is 0.138. The van der Waals surface area contributed by atoms with Crippen molar-refractivity contribution in [3.63, 3.8) is 0 Å². The van der Waals surface area contributed by atoms with Crippen molar-refractivity contribution in [3.05, 3.63) is 118 Å². The van der Waals surface area contributed by atoms with Gasteiger partial charge in [-0.3, -0.25) is 0 Å². The van der Waals surface area contributed by atoms with E-state index in [0.717, 1.165) is 22.3 Å². The van der Waals surface area contributed by atoms with Crippen LogP contribution in [0.1, 0.15) is 28.2 Å². The van der Waals surface area contributed by atoms with Gasteiger partial charge in [0, 0.05) is 17.5 Å². The maximum atomic E-state index is 12.6. The fourth-order valence-electron chi connectivity index (χ4n) is 4.66. The van der Waals surface area contributed by atoms with Crippen molar-refractivity contribution >= 4 is 17.7 Å². The second kappa shape index (κ2) is 9.72. The average Bonchev–Trinajstić information content (AvgIpc) is 3.20. The standard InChI is InChI=1S/C29H24ClNO3/c30-28-14-6-13-21(20-8-5-7-19(15-20)17-32)26(28)16-31-29(33)34-18-27-24-11-3-1-9-22(24)23-10-2-4-12-25(23)27/h1-15,27,32H,16-18H2,(H,31,33). The lowest BCUT2D eigenvalue weighted by atomic mass is 9.98. The molecule has 2 N–H and O–H groups in total. The zero-order chi connectivity index (χ0) is 23.5. The number of hydrogen-bond acceptors (Lipinski definition) is 3. The van der Waals surface area contributed by atoms with Gasteiger partial charge in [-0.05, 0) is 56.6 Å². The van der Waals surface area contributed by atoms with Gasteiger partial charge in [-0.25, -0.2) is 4.79 Å². The van der Waals surface area contributed by atoms with Crippen LogP contribution < -0.4 is 5.32 Å². The molecule has 0 heterocycles. The molecule has 170 valence electrons. The summed E-state index contributed by atoms with van der Waals surface area (Å²) < 4.78 is 5.66. The number of rotatable bonds is 6. The topological polar surface area (TPSA) is 58.6 Å². The number of aliphatic hydroxyl groups is 1. The van der Waals surface area contributed by atoms with Gasteiger partial charge in [0.1, 0.15) is 6.61 Å². The van der Waals surface area contributed by atoms with Crippen LogP contribution >= 0.6 is 11.6 Å². The Morgan fingerprint density at radius 3 is 2.21 bits per heavy atom. The molecular formula is C29H24ClNO3. The van der Waals surface area contributed by atoms with Gasteiger partial charge in [-0.1, -0.05) is 90.5 Å². The number of carbonyl (C=O) groups is 1. The number of carbonyl (C=O) groups excluding carboxylic acids is 1. The van der Waals surface area contributed by atoms with Crippen LogP contribution in [0.15, 0.2) is 91.0 Å². The Morgan fingerprint density at radius 2 is 1.50 bits per heavy atom. The number of aliphatic hydroxyl groups excluding tert-OH is 1. The summed E-state index contributed by atoms with van der Waals surface area (Å²) in [4.78, 5) is 12.6. The average molecular weight is 470 g/mol. The van der Waals surface area contributed by atoms with E-state index in [1.165, 1.54) is 22.3 Å². The van der Waals surface area contributed by atoms with Gasteiger partial charge in [0.05, 0.1) is 6.61 Å². The van der Waals surface area contributed by atoms with E-state index in [0.29, 0.717) is 5.02 Å². The molecule has 34 heavy (non-hydrogen) atoms. The van der Waals surface area contributed by atoms with E-state index in [2.05, 4.69) is 29.6 Å². The van der Waals surface area contributed by atoms with Gasteiger partial charge in [-0.15, -0.1) is 0 Å². The number of benzene rings is 4. The third-order valence-electron chi connectivity index (χ3n) is 6.29. The van der Waals surface area contributed by atoms with Crippen LogP contribution in [0, 0.1) is 0 Å². The van der Waals surface area contributed by atoms with E-state index in [9.17, 15) is 9.90 Å². The van der Waals surface area contributed by atoms with Crippen LogP contribution in [-0.2, 0) is 17.9 Å². The van der Waals surface area contributed by atoms with E-state index in [-0.39, 0.29) is 25.7 Å². The first-order valence-corrected chi connectivity index (χ1v) is 11.6. The predicted molar refractivity (Wildman–Crippen MR) is 135 cm³/mol. The van der Waals surface area contributed by atoms with Crippen LogP contribution in [0.5, 0.6) is 0 Å². The molecule has 0 saturated carbocycles. The lowest BCUT2D eigenvalue weighted by Gasteiger charge is -2.16. The molecule has 4 nitrogen and oxygen atoms in total. The van der Waals surface area contributed by atoms with Crippen LogP contribution in [0.4, 0.5) is 4.79 Å². The number of fused-ring (bicyclic) bond motifs is 3. The second-order valence-electron chi connectivity index (χ2n) is 8.30. The van der Waals surface area contributed by atoms with Gasteiger partial charge in [-0.2, -0.15) is 0 Å². The fourth-order valence-corrected chi connectivity index (χ4v) is 4.90. The molecule has 0 spiro atoms. The van der Waals surface area contributed by atoms with Crippen LogP contribution in [-0.4, -0.2) is 17.8 Å². The smallest absolute Gasteiger partial charge is 0.407 e. The summed E-state index contributed by atoms with van der Waals surface area (Å²) in [5.41, 5.74) is 8.18. The highest BCUT2D eigenvalue weighted by Crippen LogP contribution is 2.44. The maximum absolute atomic E-state index is 12.6. The molecule has 0 fully saturated rings. The Bertz CT molecular complexity index is 1310. The van der Waals surface area contributed by atoms with Crippen molar-refractivity contribution in [2.24, 2.45) is 0 Å². The lowest BCUT2D eigenvalue weighted by Crippen LogP contribution is -2.26. The summed E-state index contributed by atoms with van der Waals surface area (Å²) in [7, 11) is 0. The normalized spacial score (nSPS) is 12.2. The van der Waals surface area contributed by atoms with E-state index >= 15 is 0 Å². The third-order valence-corrected chi connectivity index (χ3v) is 6.65. The molecule has 1 aliphatic carbocycles. The first-order chi connectivity index (χ1) is 16.7. The molecule has 1 aliphatic rings. The summed E-state index contributed by atoms with van der Waals surface area (Å²) in [5.74, 6) is 0.00949. The van der Waals surface area contributed by atoms with Crippen LogP contribution in [0.2, 0.25) is 5.02 Å². The van der Waals surface area contributed by atoms with Crippen molar-refractivity contribution in [1.29, 1.82) is 0 Å². The molecule has 0 saturated heterocycles. The molecule has 0 radical (unpaired) electrons. The second-order valence-corrected chi connectivity index (χ2v) is 8.71. The monoisotopic (exact) mass is 469 g/mol. The number of amides is 1. The number of hydrogen-bond donors (Lipinski definition) is 2. The summed E-state index contributed by atoms with van der Waals surface area (Å²) in [6.07, 6.45) is -0.489. The summed E-state index contributed by atoms with van der Waals surface area (Å²) in [6.45, 7) is 0.449. The van der Waals surface area contributed by atoms with Gasteiger partial charge >= 0.3 is 6.09 Å². The molecule has 4 aromatic rings. The van der Waals surface area contributed by atoms with Crippen molar-refractivity contribution in [2.75, 3.05) is 6.61 Å². The highest BCUT2D eigenvalue weighted by Gasteiger charge is 2.29. The Morgan fingerprint density at radius 1 is 0.853 bits per heavy atom. The highest BCUT2D eigenvalue weighted by molar-refractivity contribution is 6.31. The Hall–Kier alpha value is -3.60. The first kappa shape index (κ1) is 22.2. The predicted octanol–water partition coefficient (Wildman–Crippen LogP) is 6.54. The summed E-state index contributed by atoms with van der Waals surface area (Å²) in [6, 6.07) is 29.8. The minimum atomic E-state index is -0.489. The molecule has 0 aliphatic heterocycles. The number of halogens is 1. The van der Waals surface area contributed by atoms with Gasteiger partial charge in [0.25, 0.3) is 0 Å². The van der Waals surface area contributed by atoms with E-state index in [1.54, 1.807) is 6.07 Å². The molecule has 5 rings (SSSR count). The molecule has 0 unspecified atom stereocenters. The SMILES string of the molecule is O=C(NCc1c(Cl)cccc1-c1cccc(CO)c1)OCC1c2ccccc2-c2ccccc21. The Labute approximate surface area is 203 Å². The minimum absolute atomic E-state index is 0.00949. The van der Waals surface area contributed by atoms with E-state index in [1.807, 2.05) is 60.7 Å². The zero-order valence-corrected chi connectivity index (χ0v) is 19.3. The van der Waals surface area contributed by atoms with Crippen molar-refractivity contribution in [2.45, 2.75) is 19.1 Å². The lowest BCUT2D eigenvalue weighted by molar-refractivity contribution is 0.142. The molecule has 0 atom stereocenters. The van der Waals surface area contributed by atoms with Crippen LogP contribution in [0.3, 0.4) is 0 Å². The number of nitrogens with one attached hydrogen (secondary N) is 1. The van der Waals surface area contributed by atoms with Crippen LogP contribution in [0.25, 0.3) is 22.3 Å². The van der Waals surface area contributed by atoms with Gasteiger partial charge in [0.15, 0.2) is 0 Å². The minimum Gasteiger partial charge on any atom is -0.449 e. The number of ether oxygens (including phenoxy) is 1. The summed E-state index contributed by atoms with van der Waals surface area (Å²) in [5, 5.41) is 12.9. The van der Waals surface area contributed by atoms with E-state index < -0.39 is 6.09 Å². The first-order valence-electron chi connectivity index (χ1n) is 11.2. The summed E-state index contributed by atoms with van der Waals surface area (Å²) >= 11 is 6.49. The largest absolute Gasteiger partial charge is 0.449 e. The Kier molecular flexibility index (Phi) is 6.35. The third kappa shape index (κ3) is 4.30. The van der Waals surface area contributed by atoms with Gasteiger partial charge in [0.2, 0.25) is 0 Å². The van der Waals surface area contributed by atoms with Crippen molar-refractivity contribution < 1.29 is 14.6 Å². The maximum Gasteiger partial charge on any atom is 0.407 e. The molecule has 5 heteroatoms. The highest BCUT2D eigenvalue weighted by atomic mass is 35.5. The van der Waals surface area contributed by atoms with Gasteiger partial charge < -0.3 is 15.2 Å². The quantitative estimate of drug-likeness (QED) is 0.337. The van der Waals surface area contributed by atoms with Crippen molar-refractivity contribution in [3.8, 4) is 22.3 Å². The Balaban J connectivity index is 1.29. The molecular weight excluding hydrogens is 446 g/mol. The molecule has 0 aromatic heterocycles. The molecule has 4 aromatic carbocycles. The van der Waals surface area contributed by atoms with E-state index in [4.69, 9.17) is 16.3 Å². The number of alkyl carbamates (subject to hydrolysis) is 1.